The molecule has 1 aliphatic rings. The van der Waals surface area contributed by atoms with E-state index in [0.717, 1.165) is 31.2 Å². The highest BCUT2D eigenvalue weighted by molar-refractivity contribution is 5.94. The van der Waals surface area contributed by atoms with Gasteiger partial charge in [0.05, 0.1) is 17.7 Å². The van der Waals surface area contributed by atoms with Crippen molar-refractivity contribution in [1.82, 2.24) is 5.32 Å². The number of carbonyl (C=O) groups excluding carboxylic acids is 1. The van der Waals surface area contributed by atoms with Gasteiger partial charge in [-0.3, -0.25) is 4.79 Å². The van der Waals surface area contributed by atoms with Gasteiger partial charge in [-0.15, -0.1) is 0 Å². The quantitative estimate of drug-likeness (QED) is 0.807. The maximum atomic E-state index is 13.6. The van der Waals surface area contributed by atoms with Crippen molar-refractivity contribution >= 4 is 5.91 Å². The van der Waals surface area contributed by atoms with Gasteiger partial charge in [0, 0.05) is 0 Å². The number of carbonyl (C=O) groups is 1. The lowest BCUT2D eigenvalue weighted by atomic mass is 10.0. The summed E-state index contributed by atoms with van der Waals surface area (Å²) in [6.07, 6.45) is 3.95. The van der Waals surface area contributed by atoms with E-state index in [4.69, 9.17) is 0 Å². The Morgan fingerprint density at radius 3 is 2.84 bits per heavy atom. The molecule has 0 radical (unpaired) electrons. The first-order valence-electron chi connectivity index (χ1n) is 6.83. The average Bonchev–Trinajstić information content (AvgIpc) is 2.58. The highest BCUT2D eigenvalue weighted by atomic mass is 19.1. The summed E-state index contributed by atoms with van der Waals surface area (Å²) in [6.45, 7) is 1.82. The van der Waals surface area contributed by atoms with Gasteiger partial charge < -0.3 is 10.4 Å². The van der Waals surface area contributed by atoms with Gasteiger partial charge >= 0.3 is 0 Å². The van der Waals surface area contributed by atoms with Crippen LogP contribution in [0.2, 0.25) is 0 Å². The van der Waals surface area contributed by atoms with Gasteiger partial charge in [0.2, 0.25) is 0 Å². The van der Waals surface area contributed by atoms with Gasteiger partial charge in [-0.2, -0.15) is 0 Å². The number of rotatable bonds is 2. The fraction of sp³-hybridized carbons (Fsp3) is 0.533. The summed E-state index contributed by atoms with van der Waals surface area (Å²) < 4.78 is 13.6. The molecule has 0 bridgehead atoms. The summed E-state index contributed by atoms with van der Waals surface area (Å²) in [7, 11) is 0. The van der Waals surface area contributed by atoms with Crippen molar-refractivity contribution in [3.05, 3.63) is 35.1 Å². The molecule has 0 aromatic heterocycles. The molecule has 1 saturated carbocycles. The van der Waals surface area contributed by atoms with Gasteiger partial charge in [0.25, 0.3) is 5.91 Å². The SMILES string of the molecule is Cc1ccc(F)c(C(=O)NC2CCCCCC2O)c1. The number of nitrogens with one attached hydrogen (secondary N) is 1. The van der Waals surface area contributed by atoms with Crippen molar-refractivity contribution in [3.63, 3.8) is 0 Å². The van der Waals surface area contributed by atoms with Crippen molar-refractivity contribution in [1.29, 1.82) is 0 Å². The van der Waals surface area contributed by atoms with Crippen LogP contribution in [0.5, 0.6) is 0 Å². The highest BCUT2D eigenvalue weighted by Crippen LogP contribution is 2.19. The van der Waals surface area contributed by atoms with E-state index in [0.29, 0.717) is 6.42 Å². The van der Waals surface area contributed by atoms with Gasteiger partial charge in [0.15, 0.2) is 0 Å². The van der Waals surface area contributed by atoms with E-state index in [1.807, 2.05) is 6.92 Å². The van der Waals surface area contributed by atoms with E-state index in [1.165, 1.54) is 12.1 Å². The zero-order valence-electron chi connectivity index (χ0n) is 11.2. The molecule has 0 heterocycles. The molecule has 0 aliphatic heterocycles. The summed E-state index contributed by atoms with van der Waals surface area (Å²) >= 11 is 0. The second-order valence-corrected chi connectivity index (χ2v) is 5.27. The average molecular weight is 265 g/mol. The zero-order valence-corrected chi connectivity index (χ0v) is 11.2. The molecule has 2 N–H and O–H groups in total. The molecule has 3 nitrogen and oxygen atoms in total. The minimum absolute atomic E-state index is 0.0523. The second-order valence-electron chi connectivity index (χ2n) is 5.27. The summed E-state index contributed by atoms with van der Waals surface area (Å²) in [4.78, 5) is 12.1. The summed E-state index contributed by atoms with van der Waals surface area (Å²) in [5.41, 5.74) is 0.893. The van der Waals surface area contributed by atoms with Crippen molar-refractivity contribution in [2.75, 3.05) is 0 Å². The molecule has 1 aromatic carbocycles. The molecular weight excluding hydrogens is 245 g/mol. The van der Waals surface area contributed by atoms with Crippen molar-refractivity contribution < 1.29 is 14.3 Å². The lowest BCUT2D eigenvalue weighted by Gasteiger charge is -2.22. The third-order valence-corrected chi connectivity index (χ3v) is 3.66. The Kier molecular flexibility index (Phi) is 4.53. The van der Waals surface area contributed by atoms with Crippen LogP contribution in [-0.2, 0) is 0 Å². The standard InChI is InChI=1S/C15H20FNO2/c1-10-7-8-12(16)11(9-10)15(19)17-13-5-3-2-4-6-14(13)18/h7-9,13-14,18H,2-6H2,1H3,(H,17,19). The minimum Gasteiger partial charge on any atom is -0.391 e. The second kappa shape index (κ2) is 6.15. The van der Waals surface area contributed by atoms with Crippen LogP contribution >= 0.6 is 0 Å². The van der Waals surface area contributed by atoms with E-state index in [9.17, 15) is 14.3 Å². The first kappa shape index (κ1) is 14.0. The van der Waals surface area contributed by atoms with Crippen LogP contribution in [0.15, 0.2) is 18.2 Å². The van der Waals surface area contributed by atoms with Crippen LogP contribution in [0.3, 0.4) is 0 Å². The van der Waals surface area contributed by atoms with Crippen molar-refractivity contribution in [3.8, 4) is 0 Å². The predicted octanol–water partition coefficient (Wildman–Crippen LogP) is 2.56. The monoisotopic (exact) mass is 265 g/mol. The molecule has 2 rings (SSSR count). The molecule has 4 heteroatoms. The van der Waals surface area contributed by atoms with Crippen molar-refractivity contribution in [2.45, 2.75) is 51.2 Å². The predicted molar refractivity (Wildman–Crippen MR) is 71.5 cm³/mol. The summed E-state index contributed by atoms with van der Waals surface area (Å²) in [5, 5.41) is 12.7. The topological polar surface area (TPSA) is 49.3 Å². The molecule has 1 amide bonds. The van der Waals surface area contributed by atoms with E-state index < -0.39 is 17.8 Å². The first-order valence-corrected chi connectivity index (χ1v) is 6.83. The van der Waals surface area contributed by atoms with Gasteiger partial charge in [-0.25, -0.2) is 4.39 Å². The Hall–Kier alpha value is -1.42. The molecule has 104 valence electrons. The molecule has 0 saturated heterocycles. The van der Waals surface area contributed by atoms with Gasteiger partial charge in [0.1, 0.15) is 5.82 Å². The van der Waals surface area contributed by atoms with E-state index >= 15 is 0 Å². The maximum absolute atomic E-state index is 13.6. The lowest BCUT2D eigenvalue weighted by Crippen LogP contribution is -2.42. The molecule has 2 unspecified atom stereocenters. The highest BCUT2D eigenvalue weighted by Gasteiger charge is 2.24. The smallest absolute Gasteiger partial charge is 0.254 e. The minimum atomic E-state index is -0.528. The summed E-state index contributed by atoms with van der Waals surface area (Å²) in [5.74, 6) is -0.960. The maximum Gasteiger partial charge on any atom is 0.254 e. The molecule has 1 fully saturated rings. The fourth-order valence-electron chi connectivity index (χ4n) is 2.52. The molecule has 2 atom stereocenters. The van der Waals surface area contributed by atoms with Crippen LogP contribution in [0.25, 0.3) is 0 Å². The van der Waals surface area contributed by atoms with Crippen LogP contribution < -0.4 is 5.32 Å². The number of aliphatic hydroxyl groups excluding tert-OH is 1. The van der Waals surface area contributed by atoms with Gasteiger partial charge in [-0.1, -0.05) is 30.9 Å². The van der Waals surface area contributed by atoms with Crippen LogP contribution in [0.4, 0.5) is 4.39 Å². The summed E-state index contributed by atoms with van der Waals surface area (Å²) in [6, 6.07) is 4.20. The Labute approximate surface area is 112 Å². The lowest BCUT2D eigenvalue weighted by molar-refractivity contribution is 0.0815. The largest absolute Gasteiger partial charge is 0.391 e. The number of benzene rings is 1. The van der Waals surface area contributed by atoms with E-state index in [-0.39, 0.29) is 11.6 Å². The molecule has 1 aromatic rings. The van der Waals surface area contributed by atoms with Crippen LogP contribution in [-0.4, -0.2) is 23.2 Å². The Balaban J connectivity index is 2.09. The number of aryl methyl sites for hydroxylation is 1. The van der Waals surface area contributed by atoms with Crippen LogP contribution in [0, 0.1) is 12.7 Å². The van der Waals surface area contributed by atoms with E-state index in [1.54, 1.807) is 6.07 Å². The van der Waals surface area contributed by atoms with Gasteiger partial charge in [-0.05, 0) is 31.9 Å². The number of amides is 1. The number of hydrogen-bond acceptors (Lipinski definition) is 2. The molecule has 0 spiro atoms. The number of halogens is 1. The fourth-order valence-corrected chi connectivity index (χ4v) is 2.52. The number of aliphatic hydroxyl groups is 1. The Morgan fingerprint density at radius 1 is 1.32 bits per heavy atom. The third kappa shape index (κ3) is 3.53. The normalized spacial score (nSPS) is 23.7. The Morgan fingerprint density at radius 2 is 2.05 bits per heavy atom. The molecule has 19 heavy (non-hydrogen) atoms. The van der Waals surface area contributed by atoms with Crippen molar-refractivity contribution in [2.24, 2.45) is 0 Å². The zero-order chi connectivity index (χ0) is 13.8. The Bertz CT molecular complexity index is 461. The number of hydrogen-bond donors (Lipinski definition) is 2. The van der Waals surface area contributed by atoms with Crippen LogP contribution in [0.1, 0.15) is 48.0 Å². The third-order valence-electron chi connectivity index (χ3n) is 3.66. The molecular formula is C15H20FNO2. The molecule has 1 aliphatic carbocycles. The van der Waals surface area contributed by atoms with E-state index in [2.05, 4.69) is 5.32 Å². The first-order chi connectivity index (χ1) is 9.08.